The Kier molecular flexibility index (Phi) is 4.74. The monoisotopic (exact) mass is 305 g/mol. The van der Waals surface area contributed by atoms with Crippen molar-refractivity contribution >= 4 is 12.6 Å². The van der Waals surface area contributed by atoms with Crippen LogP contribution >= 0.6 is 0 Å². The maximum atomic E-state index is 12.1. The van der Waals surface area contributed by atoms with Crippen molar-refractivity contribution in [3.8, 4) is 0 Å². The molecule has 0 aromatic heterocycles. The van der Waals surface area contributed by atoms with Gasteiger partial charge < -0.3 is 14.4 Å². The van der Waals surface area contributed by atoms with E-state index in [0.717, 1.165) is 5.56 Å². The molecule has 120 valence electrons. The Bertz CT molecular complexity index is 513. The molecule has 1 heterocycles. The largest absolute Gasteiger partial charge is 0.456 e. The first-order chi connectivity index (χ1) is 10.4. The molecule has 1 amide bonds. The lowest BCUT2D eigenvalue weighted by atomic mass is 9.84. The van der Waals surface area contributed by atoms with E-state index in [9.17, 15) is 9.59 Å². The number of amides is 1. The van der Waals surface area contributed by atoms with E-state index in [-0.39, 0.29) is 6.09 Å². The summed E-state index contributed by atoms with van der Waals surface area (Å²) in [6.45, 7) is 7.03. The molecule has 1 fully saturated rings. The number of ether oxygens (including phenoxy) is 2. The third kappa shape index (κ3) is 3.78. The van der Waals surface area contributed by atoms with Crippen molar-refractivity contribution < 1.29 is 19.1 Å². The summed E-state index contributed by atoms with van der Waals surface area (Å²) in [7, 11) is 0. The lowest BCUT2D eigenvalue weighted by molar-refractivity contribution is -0.150. The van der Waals surface area contributed by atoms with Gasteiger partial charge in [-0.25, -0.2) is 4.79 Å². The zero-order valence-corrected chi connectivity index (χ0v) is 13.4. The third-order valence-electron chi connectivity index (χ3n) is 3.80. The number of hydrogen-bond acceptors (Lipinski definition) is 4. The minimum Gasteiger partial charge on any atom is -0.456 e. The second-order valence-electron chi connectivity index (χ2n) is 6.54. The average molecular weight is 305 g/mol. The van der Waals surface area contributed by atoms with Gasteiger partial charge in [0, 0.05) is 25.9 Å². The Balaban J connectivity index is 2.07. The van der Waals surface area contributed by atoms with Gasteiger partial charge >= 0.3 is 6.09 Å². The molecule has 2 rings (SSSR count). The van der Waals surface area contributed by atoms with Crippen LogP contribution < -0.4 is 0 Å². The third-order valence-corrected chi connectivity index (χ3v) is 3.80. The molecular formula is C17H23NO4. The highest BCUT2D eigenvalue weighted by molar-refractivity contribution is 5.68. The van der Waals surface area contributed by atoms with Crippen LogP contribution in [0.4, 0.5) is 4.79 Å². The molecule has 1 aromatic carbocycles. The minimum absolute atomic E-state index is 0.319. The normalized spacial score (nSPS) is 17.7. The lowest BCUT2D eigenvalue weighted by Gasteiger charge is -2.40. The Morgan fingerprint density at radius 1 is 1.18 bits per heavy atom. The molecule has 5 heteroatoms. The summed E-state index contributed by atoms with van der Waals surface area (Å²) < 4.78 is 10.8. The number of likely N-dealkylation sites (tertiary alicyclic amines) is 1. The molecule has 1 aliphatic rings. The van der Waals surface area contributed by atoms with Gasteiger partial charge in [0.15, 0.2) is 0 Å². The number of carbonyl (C=O) groups is 2. The van der Waals surface area contributed by atoms with Crippen LogP contribution in [0.5, 0.6) is 0 Å². The molecule has 0 aliphatic carbocycles. The highest BCUT2D eigenvalue weighted by atomic mass is 16.6. The van der Waals surface area contributed by atoms with Crippen molar-refractivity contribution in [3.63, 3.8) is 0 Å². The fourth-order valence-corrected chi connectivity index (χ4v) is 2.69. The Hall–Kier alpha value is -2.04. The molecule has 1 saturated heterocycles. The summed E-state index contributed by atoms with van der Waals surface area (Å²) in [6.07, 6.45) is 0.810. The van der Waals surface area contributed by atoms with Gasteiger partial charge in [0.2, 0.25) is 0 Å². The minimum atomic E-state index is -0.651. The van der Waals surface area contributed by atoms with Gasteiger partial charge in [-0.05, 0) is 26.3 Å². The van der Waals surface area contributed by atoms with Crippen LogP contribution in [0.1, 0.15) is 39.2 Å². The van der Waals surface area contributed by atoms with Gasteiger partial charge in [-0.15, -0.1) is 0 Å². The van der Waals surface area contributed by atoms with Crippen molar-refractivity contribution in [2.45, 2.75) is 44.8 Å². The van der Waals surface area contributed by atoms with Crippen molar-refractivity contribution in [1.29, 1.82) is 0 Å². The number of hydrogen-bond donors (Lipinski definition) is 0. The van der Waals surface area contributed by atoms with Gasteiger partial charge in [-0.1, -0.05) is 30.3 Å². The molecule has 0 atom stereocenters. The maximum Gasteiger partial charge on any atom is 0.410 e. The molecular weight excluding hydrogens is 282 g/mol. The Labute approximate surface area is 131 Å². The average Bonchev–Trinajstić information content (AvgIpc) is 2.47. The highest BCUT2D eigenvalue weighted by Crippen LogP contribution is 2.36. The van der Waals surface area contributed by atoms with Gasteiger partial charge in [0.1, 0.15) is 11.2 Å². The Morgan fingerprint density at radius 2 is 1.77 bits per heavy atom. The first kappa shape index (κ1) is 16.3. The van der Waals surface area contributed by atoms with Crippen LogP contribution in [0.3, 0.4) is 0 Å². The van der Waals surface area contributed by atoms with Crippen LogP contribution in [0.15, 0.2) is 30.3 Å². The van der Waals surface area contributed by atoms with Crippen molar-refractivity contribution in [1.82, 2.24) is 4.90 Å². The van der Waals surface area contributed by atoms with Crippen LogP contribution in [-0.2, 0) is 19.9 Å². The van der Waals surface area contributed by atoms with E-state index in [2.05, 4.69) is 0 Å². The molecule has 0 N–H and O–H groups in total. The standard InChI is InChI=1S/C17H23NO4/c1-16(2,3)22-15(20)18-11-9-17(10-12-18,21-13-19)14-7-5-4-6-8-14/h4-8,13H,9-12H2,1-3H3. The van der Waals surface area contributed by atoms with Gasteiger partial charge in [0.25, 0.3) is 6.47 Å². The zero-order chi connectivity index (χ0) is 16.2. The fourth-order valence-electron chi connectivity index (χ4n) is 2.69. The molecule has 1 aliphatic heterocycles. The number of nitrogens with zero attached hydrogens (tertiary/aromatic N) is 1. The van der Waals surface area contributed by atoms with Crippen molar-refractivity contribution in [2.24, 2.45) is 0 Å². The number of benzene rings is 1. The van der Waals surface area contributed by atoms with Crippen LogP contribution in [0.25, 0.3) is 0 Å². The van der Waals surface area contributed by atoms with Crippen molar-refractivity contribution in [3.05, 3.63) is 35.9 Å². The summed E-state index contributed by atoms with van der Waals surface area (Å²) in [6, 6.07) is 9.67. The van der Waals surface area contributed by atoms with E-state index in [1.807, 2.05) is 51.1 Å². The van der Waals surface area contributed by atoms with Gasteiger partial charge in [-0.2, -0.15) is 0 Å². The smallest absolute Gasteiger partial charge is 0.410 e. The summed E-state index contributed by atoms with van der Waals surface area (Å²) in [4.78, 5) is 24.7. The molecule has 0 radical (unpaired) electrons. The van der Waals surface area contributed by atoms with E-state index in [4.69, 9.17) is 9.47 Å². The molecule has 5 nitrogen and oxygen atoms in total. The predicted octanol–water partition coefficient (Wildman–Crippen LogP) is 3.09. The first-order valence-corrected chi connectivity index (χ1v) is 7.51. The topological polar surface area (TPSA) is 55.8 Å². The van der Waals surface area contributed by atoms with Crippen LogP contribution in [0, 0.1) is 0 Å². The van der Waals surface area contributed by atoms with E-state index in [0.29, 0.717) is 32.4 Å². The van der Waals surface area contributed by atoms with Crippen LogP contribution in [-0.4, -0.2) is 36.2 Å². The van der Waals surface area contributed by atoms with Crippen molar-refractivity contribution in [2.75, 3.05) is 13.1 Å². The molecule has 0 spiro atoms. The maximum absolute atomic E-state index is 12.1. The molecule has 1 aromatic rings. The second-order valence-corrected chi connectivity index (χ2v) is 6.54. The summed E-state index contributed by atoms with van der Waals surface area (Å²) in [5.41, 5.74) is -0.197. The summed E-state index contributed by atoms with van der Waals surface area (Å²) in [5, 5.41) is 0. The number of carbonyl (C=O) groups excluding carboxylic acids is 2. The van der Waals surface area contributed by atoms with Gasteiger partial charge in [-0.3, -0.25) is 4.79 Å². The SMILES string of the molecule is CC(C)(C)OC(=O)N1CCC(OC=O)(c2ccccc2)CC1. The first-order valence-electron chi connectivity index (χ1n) is 7.51. The molecule has 0 saturated carbocycles. The Morgan fingerprint density at radius 3 is 2.27 bits per heavy atom. The molecule has 22 heavy (non-hydrogen) atoms. The number of piperidine rings is 1. The molecule has 0 unspecified atom stereocenters. The lowest BCUT2D eigenvalue weighted by Crippen LogP contribution is -2.47. The summed E-state index contributed by atoms with van der Waals surface area (Å²) in [5.74, 6) is 0. The van der Waals surface area contributed by atoms with Crippen LogP contribution in [0.2, 0.25) is 0 Å². The second kappa shape index (κ2) is 6.38. The van der Waals surface area contributed by atoms with Gasteiger partial charge in [0.05, 0.1) is 0 Å². The van der Waals surface area contributed by atoms with E-state index < -0.39 is 11.2 Å². The zero-order valence-electron chi connectivity index (χ0n) is 13.4. The van der Waals surface area contributed by atoms with E-state index in [1.165, 1.54) is 0 Å². The highest BCUT2D eigenvalue weighted by Gasteiger charge is 2.40. The number of rotatable bonds is 3. The predicted molar refractivity (Wildman–Crippen MR) is 82.3 cm³/mol. The fraction of sp³-hybridized carbons (Fsp3) is 0.529. The van der Waals surface area contributed by atoms with E-state index >= 15 is 0 Å². The van der Waals surface area contributed by atoms with E-state index in [1.54, 1.807) is 4.90 Å². The summed E-state index contributed by atoms with van der Waals surface area (Å²) >= 11 is 0. The molecule has 0 bridgehead atoms. The quantitative estimate of drug-likeness (QED) is 0.805.